The molecule has 120 valence electrons. The number of amides is 1. The molecule has 0 radical (unpaired) electrons. The van der Waals surface area contributed by atoms with Crippen molar-refractivity contribution < 1.29 is 14.3 Å². The molecule has 3 aromatic rings. The topological polar surface area (TPSA) is 79.5 Å². The van der Waals surface area contributed by atoms with E-state index >= 15 is 0 Å². The van der Waals surface area contributed by atoms with E-state index in [9.17, 15) is 9.59 Å². The second kappa shape index (κ2) is 6.83. The van der Waals surface area contributed by atoms with Crippen LogP contribution in [-0.4, -0.2) is 11.0 Å². The van der Waals surface area contributed by atoms with Gasteiger partial charge in [0.2, 0.25) is 5.43 Å². The Morgan fingerprint density at radius 1 is 1.00 bits per heavy atom. The van der Waals surface area contributed by atoms with Crippen molar-refractivity contribution in [3.8, 4) is 16.9 Å². The molecule has 0 aliphatic heterocycles. The van der Waals surface area contributed by atoms with Crippen molar-refractivity contribution in [2.24, 2.45) is 0 Å². The highest BCUT2D eigenvalue weighted by molar-refractivity contribution is 5.94. The molecule has 0 spiro atoms. The van der Waals surface area contributed by atoms with Crippen LogP contribution in [0.15, 0.2) is 76.1 Å². The van der Waals surface area contributed by atoms with Crippen LogP contribution in [0, 0.1) is 0 Å². The van der Waals surface area contributed by atoms with Gasteiger partial charge >= 0.3 is 0 Å². The van der Waals surface area contributed by atoms with E-state index in [-0.39, 0.29) is 18.2 Å². The van der Waals surface area contributed by atoms with Gasteiger partial charge in [0.25, 0.3) is 5.91 Å². The number of hydrogen-bond acceptors (Lipinski definition) is 4. The number of rotatable bonds is 4. The van der Waals surface area contributed by atoms with Gasteiger partial charge in [0.1, 0.15) is 12.0 Å². The summed E-state index contributed by atoms with van der Waals surface area (Å²) in [6, 6.07) is 18.3. The summed E-state index contributed by atoms with van der Waals surface area (Å²) in [6.07, 6.45) is 0.957. The summed E-state index contributed by atoms with van der Waals surface area (Å²) < 4.78 is 5.04. The molecule has 0 aliphatic carbocycles. The fourth-order valence-corrected chi connectivity index (χ4v) is 2.25. The molecule has 0 saturated heterocycles. The highest BCUT2D eigenvalue weighted by Crippen LogP contribution is 2.19. The first-order valence-corrected chi connectivity index (χ1v) is 7.38. The van der Waals surface area contributed by atoms with Gasteiger partial charge in [0.15, 0.2) is 5.75 Å². The molecule has 2 N–H and O–H groups in total. The van der Waals surface area contributed by atoms with Crippen molar-refractivity contribution in [2.45, 2.75) is 6.54 Å². The zero-order valence-electron chi connectivity index (χ0n) is 12.7. The van der Waals surface area contributed by atoms with E-state index in [2.05, 4.69) is 5.32 Å². The van der Waals surface area contributed by atoms with E-state index in [1.54, 1.807) is 12.1 Å². The Balaban J connectivity index is 1.67. The normalized spacial score (nSPS) is 10.3. The molecule has 0 atom stereocenters. The maximum atomic E-state index is 12.1. The average Bonchev–Trinajstić information content (AvgIpc) is 2.63. The molecule has 0 saturated carbocycles. The number of carbonyl (C=O) groups is 1. The number of carbonyl (C=O) groups excluding carboxylic acids is 1. The van der Waals surface area contributed by atoms with Crippen LogP contribution >= 0.6 is 0 Å². The van der Waals surface area contributed by atoms with Gasteiger partial charge in [-0.2, -0.15) is 0 Å². The van der Waals surface area contributed by atoms with E-state index in [0.717, 1.165) is 23.5 Å². The second-order valence-corrected chi connectivity index (χ2v) is 5.22. The highest BCUT2D eigenvalue weighted by atomic mass is 16.4. The lowest BCUT2D eigenvalue weighted by atomic mass is 10.0. The summed E-state index contributed by atoms with van der Waals surface area (Å²) in [7, 11) is 0. The third-order valence-corrected chi connectivity index (χ3v) is 3.54. The maximum Gasteiger partial charge on any atom is 0.251 e. The minimum atomic E-state index is -0.544. The van der Waals surface area contributed by atoms with Crippen molar-refractivity contribution in [1.82, 2.24) is 5.32 Å². The average molecular weight is 321 g/mol. The summed E-state index contributed by atoms with van der Waals surface area (Å²) >= 11 is 0. The Morgan fingerprint density at radius 2 is 1.67 bits per heavy atom. The van der Waals surface area contributed by atoms with Gasteiger partial charge in [0, 0.05) is 11.6 Å². The first kappa shape index (κ1) is 15.6. The highest BCUT2D eigenvalue weighted by Gasteiger charge is 2.08. The Hall–Kier alpha value is -3.34. The van der Waals surface area contributed by atoms with Crippen LogP contribution in [0.25, 0.3) is 11.1 Å². The van der Waals surface area contributed by atoms with E-state index in [4.69, 9.17) is 9.52 Å². The first-order chi connectivity index (χ1) is 11.6. The van der Waals surface area contributed by atoms with Crippen molar-refractivity contribution in [1.29, 1.82) is 0 Å². The molecular formula is C19H15NO4. The van der Waals surface area contributed by atoms with Crippen LogP contribution in [-0.2, 0) is 6.54 Å². The molecule has 5 nitrogen and oxygen atoms in total. The lowest BCUT2D eigenvalue weighted by Crippen LogP contribution is -2.23. The van der Waals surface area contributed by atoms with Crippen LogP contribution in [0.5, 0.6) is 5.75 Å². The van der Waals surface area contributed by atoms with Crippen LogP contribution < -0.4 is 10.7 Å². The number of hydrogen-bond donors (Lipinski definition) is 2. The zero-order chi connectivity index (χ0) is 16.9. The van der Waals surface area contributed by atoms with E-state index < -0.39 is 11.2 Å². The molecule has 0 bridgehead atoms. The SMILES string of the molecule is O=C(NCc1cc(=O)c(O)co1)c1ccc(-c2ccccc2)cc1. The van der Waals surface area contributed by atoms with Crippen molar-refractivity contribution in [2.75, 3.05) is 0 Å². The molecule has 2 aromatic carbocycles. The standard InChI is InChI=1S/C19H15NO4/c21-17-10-16(24-12-18(17)22)11-20-19(23)15-8-6-14(7-9-15)13-4-2-1-3-5-13/h1-10,12,22H,11H2,(H,20,23). The minimum Gasteiger partial charge on any atom is -0.502 e. The van der Waals surface area contributed by atoms with Crippen molar-refractivity contribution >= 4 is 5.91 Å². The minimum absolute atomic E-state index is 0.0643. The van der Waals surface area contributed by atoms with Crippen molar-refractivity contribution in [3.63, 3.8) is 0 Å². The van der Waals surface area contributed by atoms with Gasteiger partial charge in [0.05, 0.1) is 6.54 Å². The molecule has 0 fully saturated rings. The van der Waals surface area contributed by atoms with Gasteiger partial charge in [-0.3, -0.25) is 9.59 Å². The zero-order valence-corrected chi connectivity index (χ0v) is 12.7. The third-order valence-electron chi connectivity index (χ3n) is 3.54. The summed E-state index contributed by atoms with van der Waals surface area (Å²) in [5.74, 6) is -0.459. The van der Waals surface area contributed by atoms with Crippen LogP contribution in [0.3, 0.4) is 0 Å². The van der Waals surface area contributed by atoms with Crippen molar-refractivity contribution in [3.05, 3.63) is 88.5 Å². The van der Waals surface area contributed by atoms with Gasteiger partial charge in [-0.25, -0.2) is 0 Å². The Bertz CT molecular complexity index is 899. The summed E-state index contributed by atoms with van der Waals surface area (Å²) in [5, 5.41) is 11.8. The molecule has 1 heterocycles. The first-order valence-electron chi connectivity index (χ1n) is 7.38. The monoisotopic (exact) mass is 321 g/mol. The molecular weight excluding hydrogens is 306 g/mol. The summed E-state index contributed by atoms with van der Waals surface area (Å²) in [6.45, 7) is 0.0643. The Labute approximate surface area is 138 Å². The molecule has 24 heavy (non-hydrogen) atoms. The van der Waals surface area contributed by atoms with Gasteiger partial charge in [-0.15, -0.1) is 0 Å². The molecule has 1 aromatic heterocycles. The number of aromatic hydroxyl groups is 1. The van der Waals surface area contributed by atoms with E-state index in [1.165, 1.54) is 0 Å². The number of benzene rings is 2. The number of nitrogens with one attached hydrogen (secondary N) is 1. The van der Waals surface area contributed by atoms with Crippen LogP contribution in [0.1, 0.15) is 16.1 Å². The smallest absolute Gasteiger partial charge is 0.251 e. The van der Waals surface area contributed by atoms with E-state index in [1.807, 2.05) is 42.5 Å². The Morgan fingerprint density at radius 3 is 2.33 bits per heavy atom. The lowest BCUT2D eigenvalue weighted by molar-refractivity contribution is 0.0948. The van der Waals surface area contributed by atoms with Crippen LogP contribution in [0.2, 0.25) is 0 Å². The molecule has 1 amide bonds. The van der Waals surface area contributed by atoms with Gasteiger partial charge < -0.3 is 14.8 Å². The molecule has 5 heteroatoms. The lowest BCUT2D eigenvalue weighted by Gasteiger charge is -2.06. The molecule has 0 unspecified atom stereocenters. The van der Waals surface area contributed by atoms with Crippen LogP contribution in [0.4, 0.5) is 0 Å². The van der Waals surface area contributed by atoms with E-state index in [0.29, 0.717) is 5.56 Å². The quantitative estimate of drug-likeness (QED) is 0.774. The summed E-state index contributed by atoms with van der Waals surface area (Å²) in [4.78, 5) is 23.4. The predicted molar refractivity (Wildman–Crippen MR) is 89.7 cm³/mol. The Kier molecular flexibility index (Phi) is 4.43. The van der Waals surface area contributed by atoms with Gasteiger partial charge in [-0.1, -0.05) is 42.5 Å². The molecule has 3 rings (SSSR count). The predicted octanol–water partition coefficient (Wildman–Crippen LogP) is 2.94. The fraction of sp³-hybridized carbons (Fsp3) is 0.0526. The third kappa shape index (κ3) is 3.52. The summed E-state index contributed by atoms with van der Waals surface area (Å²) in [5.41, 5.74) is 2.07. The second-order valence-electron chi connectivity index (χ2n) is 5.22. The largest absolute Gasteiger partial charge is 0.502 e. The molecule has 0 aliphatic rings. The maximum absolute atomic E-state index is 12.1. The fourth-order valence-electron chi connectivity index (χ4n) is 2.25. The van der Waals surface area contributed by atoms with Gasteiger partial charge in [-0.05, 0) is 23.3 Å².